The van der Waals surface area contributed by atoms with Crippen LogP contribution < -0.4 is 0 Å². The summed E-state index contributed by atoms with van der Waals surface area (Å²) in [6.07, 6.45) is 2.90. The molecule has 108 valence electrons. The topological polar surface area (TPSA) is 38.8 Å². The van der Waals surface area contributed by atoms with Gasteiger partial charge in [0.25, 0.3) is 5.91 Å². The highest BCUT2D eigenvalue weighted by molar-refractivity contribution is 5.95. The van der Waals surface area contributed by atoms with Gasteiger partial charge in [-0.3, -0.25) is 4.79 Å². The van der Waals surface area contributed by atoms with Gasteiger partial charge in [-0.1, -0.05) is 18.2 Å². The van der Waals surface area contributed by atoms with Crippen LogP contribution in [0, 0.1) is 6.92 Å². The maximum absolute atomic E-state index is 12.8. The van der Waals surface area contributed by atoms with E-state index in [1.807, 2.05) is 36.1 Å². The van der Waals surface area contributed by atoms with E-state index in [1.54, 1.807) is 0 Å². The Morgan fingerprint density at radius 1 is 1.20 bits per heavy atom. The van der Waals surface area contributed by atoms with Crippen LogP contribution in [0.1, 0.15) is 35.2 Å². The number of benzene rings is 1. The van der Waals surface area contributed by atoms with E-state index in [0.29, 0.717) is 13.2 Å². The second kappa shape index (κ2) is 5.94. The third-order valence-electron chi connectivity index (χ3n) is 4.15. The summed E-state index contributed by atoms with van der Waals surface area (Å²) in [4.78, 5) is 14.7. The maximum Gasteiger partial charge on any atom is 0.254 e. The molecule has 1 unspecified atom stereocenters. The van der Waals surface area contributed by atoms with Gasteiger partial charge in [-0.05, 0) is 37.8 Å². The number of hydrogen-bond donors (Lipinski definition) is 0. The van der Waals surface area contributed by atoms with E-state index in [-0.39, 0.29) is 18.2 Å². The summed E-state index contributed by atoms with van der Waals surface area (Å²) in [6, 6.07) is 7.82. The van der Waals surface area contributed by atoms with Crippen LogP contribution in [0.3, 0.4) is 0 Å². The summed E-state index contributed by atoms with van der Waals surface area (Å²) in [6.45, 7) is 4.04. The van der Waals surface area contributed by atoms with Gasteiger partial charge >= 0.3 is 0 Å². The van der Waals surface area contributed by atoms with Crippen molar-refractivity contribution in [2.75, 3.05) is 19.8 Å². The van der Waals surface area contributed by atoms with E-state index in [9.17, 15) is 4.79 Å². The maximum atomic E-state index is 12.8. The fourth-order valence-corrected chi connectivity index (χ4v) is 3.06. The van der Waals surface area contributed by atoms with Crippen molar-refractivity contribution in [3.05, 3.63) is 35.4 Å². The Bertz CT molecular complexity index is 482. The molecule has 20 heavy (non-hydrogen) atoms. The van der Waals surface area contributed by atoms with Crippen molar-refractivity contribution in [1.29, 1.82) is 0 Å². The van der Waals surface area contributed by atoms with Crippen LogP contribution in [0.2, 0.25) is 0 Å². The van der Waals surface area contributed by atoms with Crippen LogP contribution in [-0.2, 0) is 9.47 Å². The lowest BCUT2D eigenvalue weighted by atomic mass is 9.99. The largest absolute Gasteiger partial charge is 0.348 e. The minimum absolute atomic E-state index is 0.0540. The van der Waals surface area contributed by atoms with E-state index in [2.05, 4.69) is 0 Å². The molecule has 3 rings (SSSR count). The molecule has 2 saturated heterocycles. The standard InChI is InChI=1S/C16H21NO3/c1-12-6-2-3-7-13(12)15(18)17-9-5-4-8-14(17)16-19-10-11-20-16/h2-3,6-7,14,16H,4-5,8-11H2,1H3. The number of hydrogen-bond acceptors (Lipinski definition) is 3. The first-order valence-corrected chi connectivity index (χ1v) is 7.37. The molecule has 2 fully saturated rings. The molecule has 1 atom stereocenters. The molecule has 0 N–H and O–H groups in total. The van der Waals surface area contributed by atoms with Gasteiger partial charge < -0.3 is 14.4 Å². The van der Waals surface area contributed by atoms with Gasteiger partial charge in [-0.2, -0.15) is 0 Å². The molecule has 0 radical (unpaired) electrons. The number of carbonyl (C=O) groups is 1. The molecule has 0 aromatic heterocycles. The Kier molecular flexibility index (Phi) is 4.03. The van der Waals surface area contributed by atoms with Gasteiger partial charge in [0.15, 0.2) is 6.29 Å². The summed E-state index contributed by atoms with van der Waals surface area (Å²) in [5, 5.41) is 0. The van der Waals surface area contributed by atoms with Crippen LogP contribution in [-0.4, -0.2) is 42.9 Å². The van der Waals surface area contributed by atoms with Crippen molar-refractivity contribution >= 4 is 5.91 Å². The number of aryl methyl sites for hydroxylation is 1. The highest BCUT2D eigenvalue weighted by atomic mass is 16.7. The van der Waals surface area contributed by atoms with Crippen molar-refractivity contribution < 1.29 is 14.3 Å². The summed E-state index contributed by atoms with van der Waals surface area (Å²) < 4.78 is 11.2. The monoisotopic (exact) mass is 275 g/mol. The van der Waals surface area contributed by atoms with E-state index >= 15 is 0 Å². The van der Waals surface area contributed by atoms with E-state index in [1.165, 1.54) is 0 Å². The molecule has 2 aliphatic heterocycles. The fraction of sp³-hybridized carbons (Fsp3) is 0.562. The first-order chi connectivity index (χ1) is 9.77. The second-order valence-corrected chi connectivity index (χ2v) is 5.49. The molecule has 2 heterocycles. The predicted molar refractivity (Wildman–Crippen MR) is 75.5 cm³/mol. The summed E-state index contributed by atoms with van der Waals surface area (Å²) >= 11 is 0. The van der Waals surface area contributed by atoms with Gasteiger partial charge in [0.2, 0.25) is 0 Å². The van der Waals surface area contributed by atoms with Crippen LogP contribution in [0.4, 0.5) is 0 Å². The third kappa shape index (κ3) is 2.58. The predicted octanol–water partition coefficient (Wildman–Crippen LogP) is 2.36. The van der Waals surface area contributed by atoms with Crippen molar-refractivity contribution in [3.63, 3.8) is 0 Å². The Morgan fingerprint density at radius 2 is 1.95 bits per heavy atom. The molecular formula is C16H21NO3. The van der Waals surface area contributed by atoms with Gasteiger partial charge in [0, 0.05) is 12.1 Å². The molecule has 1 aromatic rings. The third-order valence-corrected chi connectivity index (χ3v) is 4.15. The molecule has 0 bridgehead atoms. The van der Waals surface area contributed by atoms with Crippen molar-refractivity contribution in [2.45, 2.75) is 38.5 Å². The van der Waals surface area contributed by atoms with Crippen LogP contribution >= 0.6 is 0 Å². The molecular weight excluding hydrogens is 254 g/mol. The van der Waals surface area contributed by atoms with E-state index in [0.717, 1.165) is 36.9 Å². The number of amides is 1. The smallest absolute Gasteiger partial charge is 0.254 e. The summed E-state index contributed by atoms with van der Waals surface area (Å²) in [5.41, 5.74) is 1.81. The SMILES string of the molecule is Cc1ccccc1C(=O)N1CCCCC1C1OCCO1. The van der Waals surface area contributed by atoms with Gasteiger partial charge in [0.05, 0.1) is 19.3 Å². The normalized spacial score (nSPS) is 24.1. The van der Waals surface area contributed by atoms with Gasteiger partial charge in [0.1, 0.15) is 0 Å². The van der Waals surface area contributed by atoms with Gasteiger partial charge in [-0.25, -0.2) is 0 Å². The van der Waals surface area contributed by atoms with Crippen LogP contribution in [0.5, 0.6) is 0 Å². The van der Waals surface area contributed by atoms with Crippen molar-refractivity contribution in [3.8, 4) is 0 Å². The quantitative estimate of drug-likeness (QED) is 0.831. The lowest BCUT2D eigenvalue weighted by Crippen LogP contribution is -2.50. The van der Waals surface area contributed by atoms with E-state index in [4.69, 9.17) is 9.47 Å². The zero-order chi connectivity index (χ0) is 13.9. The van der Waals surface area contributed by atoms with Crippen molar-refractivity contribution in [2.24, 2.45) is 0 Å². The fourth-order valence-electron chi connectivity index (χ4n) is 3.06. The summed E-state index contributed by atoms with van der Waals surface area (Å²) in [7, 11) is 0. The van der Waals surface area contributed by atoms with Crippen LogP contribution in [0.15, 0.2) is 24.3 Å². The van der Waals surface area contributed by atoms with Crippen molar-refractivity contribution in [1.82, 2.24) is 4.90 Å². The lowest BCUT2D eigenvalue weighted by molar-refractivity contribution is -0.100. The minimum atomic E-state index is -0.247. The zero-order valence-corrected chi connectivity index (χ0v) is 11.9. The Labute approximate surface area is 119 Å². The van der Waals surface area contributed by atoms with Gasteiger partial charge in [-0.15, -0.1) is 0 Å². The zero-order valence-electron chi connectivity index (χ0n) is 11.9. The molecule has 1 amide bonds. The molecule has 4 nitrogen and oxygen atoms in total. The number of ether oxygens (including phenoxy) is 2. The number of piperidine rings is 1. The first-order valence-electron chi connectivity index (χ1n) is 7.37. The molecule has 4 heteroatoms. The molecule has 1 aromatic carbocycles. The van der Waals surface area contributed by atoms with E-state index < -0.39 is 0 Å². The molecule has 2 aliphatic rings. The average molecular weight is 275 g/mol. The highest BCUT2D eigenvalue weighted by Gasteiger charge is 2.36. The molecule has 0 aliphatic carbocycles. The molecule has 0 saturated carbocycles. The molecule has 0 spiro atoms. The average Bonchev–Trinajstić information content (AvgIpc) is 3.01. The summed E-state index contributed by atoms with van der Waals surface area (Å²) in [5.74, 6) is 0.104. The lowest BCUT2D eigenvalue weighted by Gasteiger charge is -2.38. The number of likely N-dealkylation sites (tertiary alicyclic amines) is 1. The number of nitrogens with zero attached hydrogens (tertiary/aromatic N) is 1. The Balaban J connectivity index is 1.82. The Morgan fingerprint density at radius 3 is 2.70 bits per heavy atom. The number of carbonyl (C=O) groups excluding carboxylic acids is 1. The Hall–Kier alpha value is -1.39. The first kappa shape index (κ1) is 13.6. The number of rotatable bonds is 2. The highest BCUT2D eigenvalue weighted by Crippen LogP contribution is 2.26. The van der Waals surface area contributed by atoms with Crippen LogP contribution in [0.25, 0.3) is 0 Å². The minimum Gasteiger partial charge on any atom is -0.348 e. The second-order valence-electron chi connectivity index (χ2n) is 5.49.